The van der Waals surface area contributed by atoms with Crippen LogP contribution in [0.25, 0.3) is 0 Å². The Labute approximate surface area is 102 Å². The molecule has 1 atom stereocenters. The molecule has 1 aromatic carbocycles. The highest BCUT2D eigenvalue weighted by Gasteiger charge is 2.36. The minimum Gasteiger partial charge on any atom is -0.486 e. The summed E-state index contributed by atoms with van der Waals surface area (Å²) in [5.41, 5.74) is 8.80. The minimum absolute atomic E-state index is 0.130. The number of Topliss-reactive ketones (excluding diaryl/α,β-unsaturated/α-hetero) is 1. The van der Waals surface area contributed by atoms with Crippen LogP contribution in [0.5, 0.6) is 5.75 Å². The Morgan fingerprint density at radius 1 is 1.41 bits per heavy atom. The summed E-state index contributed by atoms with van der Waals surface area (Å²) in [7, 11) is 0. The van der Waals surface area contributed by atoms with Crippen molar-refractivity contribution in [2.45, 2.75) is 46.1 Å². The minimum atomic E-state index is -0.378. The van der Waals surface area contributed by atoms with Crippen molar-refractivity contribution in [3.63, 3.8) is 0 Å². The lowest BCUT2D eigenvalue weighted by Gasteiger charge is -2.35. The van der Waals surface area contributed by atoms with Crippen LogP contribution in [0.4, 0.5) is 5.69 Å². The fraction of sp³-hybridized carbons (Fsp3) is 0.500. The van der Waals surface area contributed by atoms with Gasteiger partial charge in [-0.3, -0.25) is 4.79 Å². The summed E-state index contributed by atoms with van der Waals surface area (Å²) in [6.07, 6.45) is 1.25. The number of nitrogens with two attached hydrogens (primary N) is 1. The van der Waals surface area contributed by atoms with E-state index in [1.165, 1.54) is 0 Å². The summed E-state index contributed by atoms with van der Waals surface area (Å²) in [4.78, 5) is 12.1. The molecular weight excluding hydrogens is 214 g/mol. The van der Waals surface area contributed by atoms with Crippen molar-refractivity contribution in [2.75, 3.05) is 5.73 Å². The number of hydrogen-bond donors (Lipinski definition) is 1. The van der Waals surface area contributed by atoms with E-state index in [1.807, 2.05) is 27.7 Å². The lowest BCUT2D eigenvalue weighted by molar-refractivity contribution is 0.0493. The van der Waals surface area contributed by atoms with Gasteiger partial charge in [0.25, 0.3) is 0 Å². The number of carbonyl (C=O) groups is 1. The maximum atomic E-state index is 12.1. The molecule has 1 unspecified atom stereocenters. The Morgan fingerprint density at radius 2 is 2.06 bits per heavy atom. The van der Waals surface area contributed by atoms with E-state index in [4.69, 9.17) is 10.5 Å². The molecule has 0 spiro atoms. The zero-order valence-corrected chi connectivity index (χ0v) is 10.9. The molecule has 0 amide bonds. The summed E-state index contributed by atoms with van der Waals surface area (Å²) in [5, 5.41) is 0. The highest BCUT2D eigenvalue weighted by molar-refractivity contribution is 6.02. The molecule has 3 heteroatoms. The van der Waals surface area contributed by atoms with E-state index < -0.39 is 0 Å². The predicted octanol–water partition coefficient (Wildman–Crippen LogP) is 3.02. The van der Waals surface area contributed by atoms with Crippen molar-refractivity contribution in [3.8, 4) is 5.75 Å². The second kappa shape index (κ2) is 3.76. The molecule has 0 saturated heterocycles. The molecular formula is C14H19NO2. The van der Waals surface area contributed by atoms with Crippen molar-refractivity contribution in [1.82, 2.24) is 0 Å². The average Bonchev–Trinajstić information content (AvgIpc) is 2.28. The van der Waals surface area contributed by atoms with Crippen molar-refractivity contribution >= 4 is 11.5 Å². The van der Waals surface area contributed by atoms with Gasteiger partial charge in [0.1, 0.15) is 11.4 Å². The number of ketones is 1. The monoisotopic (exact) mass is 233 g/mol. The largest absolute Gasteiger partial charge is 0.486 e. The Kier molecular flexibility index (Phi) is 2.64. The summed E-state index contributed by atoms with van der Waals surface area (Å²) in [6.45, 7) is 7.94. The van der Waals surface area contributed by atoms with Crippen LogP contribution in [0.3, 0.4) is 0 Å². The van der Waals surface area contributed by atoms with Crippen LogP contribution in [0.1, 0.15) is 48.2 Å². The number of anilines is 1. The van der Waals surface area contributed by atoms with Crippen molar-refractivity contribution in [3.05, 3.63) is 22.8 Å². The number of benzene rings is 1. The smallest absolute Gasteiger partial charge is 0.170 e. The molecule has 1 aromatic rings. The van der Waals surface area contributed by atoms with Gasteiger partial charge in [-0.15, -0.1) is 0 Å². The van der Waals surface area contributed by atoms with Gasteiger partial charge in [-0.05, 0) is 44.4 Å². The quantitative estimate of drug-likeness (QED) is 0.758. The number of nitrogen functional groups attached to an aromatic ring is 1. The van der Waals surface area contributed by atoms with Gasteiger partial charge in [0.15, 0.2) is 5.78 Å². The first-order chi connectivity index (χ1) is 7.88. The van der Waals surface area contributed by atoms with E-state index in [0.29, 0.717) is 17.7 Å². The summed E-state index contributed by atoms with van der Waals surface area (Å²) in [5.74, 6) is 0.850. The molecule has 2 rings (SSSR count). The third kappa shape index (κ3) is 1.79. The van der Waals surface area contributed by atoms with Gasteiger partial charge >= 0.3 is 0 Å². The topological polar surface area (TPSA) is 52.3 Å². The maximum Gasteiger partial charge on any atom is 0.170 e. The summed E-state index contributed by atoms with van der Waals surface area (Å²) >= 11 is 0. The van der Waals surface area contributed by atoms with Crippen LogP contribution in [0.2, 0.25) is 0 Å². The van der Waals surface area contributed by atoms with E-state index >= 15 is 0 Å². The van der Waals surface area contributed by atoms with Crippen molar-refractivity contribution in [1.29, 1.82) is 0 Å². The van der Waals surface area contributed by atoms with E-state index in [1.54, 1.807) is 6.07 Å². The predicted molar refractivity (Wildman–Crippen MR) is 68.6 cm³/mol. The number of rotatable bonds is 1. The Morgan fingerprint density at radius 3 is 2.65 bits per heavy atom. The zero-order valence-electron chi connectivity index (χ0n) is 10.9. The van der Waals surface area contributed by atoms with Crippen LogP contribution < -0.4 is 10.5 Å². The van der Waals surface area contributed by atoms with Crippen molar-refractivity contribution < 1.29 is 9.53 Å². The summed E-state index contributed by atoms with van der Waals surface area (Å²) < 4.78 is 6.03. The van der Waals surface area contributed by atoms with E-state index in [9.17, 15) is 4.79 Å². The lowest BCUT2D eigenvalue weighted by atomic mass is 9.87. The highest BCUT2D eigenvalue weighted by Crippen LogP contribution is 2.40. The third-order valence-corrected chi connectivity index (χ3v) is 3.81. The number of hydrogen-bond acceptors (Lipinski definition) is 3. The molecule has 3 nitrogen and oxygen atoms in total. The standard InChI is InChI=1S/C14H19NO2/c1-5-14(4)7-12(16)10-6-11(15)8(2)9(3)13(10)17-14/h6H,5,7,15H2,1-4H3. The molecule has 1 aliphatic rings. The Balaban J connectivity index is 2.62. The van der Waals surface area contributed by atoms with Crippen LogP contribution in [-0.4, -0.2) is 11.4 Å². The molecule has 2 N–H and O–H groups in total. The number of carbonyl (C=O) groups excluding carboxylic acids is 1. The molecule has 0 bridgehead atoms. The van der Waals surface area contributed by atoms with Crippen molar-refractivity contribution in [2.24, 2.45) is 0 Å². The third-order valence-electron chi connectivity index (χ3n) is 3.81. The number of fused-ring (bicyclic) bond motifs is 1. The molecule has 0 aliphatic carbocycles. The van der Waals surface area contributed by atoms with Gasteiger partial charge in [0.05, 0.1) is 12.0 Å². The lowest BCUT2D eigenvalue weighted by Crippen LogP contribution is -2.38. The second-order valence-electron chi connectivity index (χ2n) is 5.10. The fourth-order valence-electron chi connectivity index (χ4n) is 2.17. The molecule has 0 aromatic heterocycles. The molecule has 0 saturated carbocycles. The zero-order chi connectivity index (χ0) is 12.8. The van der Waals surface area contributed by atoms with Crippen LogP contribution in [0, 0.1) is 13.8 Å². The van der Waals surface area contributed by atoms with Gasteiger partial charge in [-0.25, -0.2) is 0 Å². The molecule has 0 radical (unpaired) electrons. The van der Waals surface area contributed by atoms with E-state index in [-0.39, 0.29) is 11.4 Å². The first-order valence-corrected chi connectivity index (χ1v) is 6.00. The SMILES string of the molecule is CCC1(C)CC(=O)c2cc(N)c(C)c(C)c2O1. The van der Waals surface area contributed by atoms with E-state index in [0.717, 1.165) is 23.3 Å². The molecule has 1 heterocycles. The van der Waals surface area contributed by atoms with Gasteiger partial charge in [0.2, 0.25) is 0 Å². The van der Waals surface area contributed by atoms with Crippen LogP contribution in [0.15, 0.2) is 6.07 Å². The molecule has 1 aliphatic heterocycles. The Bertz CT molecular complexity index is 493. The van der Waals surface area contributed by atoms with Gasteiger partial charge in [-0.2, -0.15) is 0 Å². The first kappa shape index (κ1) is 12.0. The first-order valence-electron chi connectivity index (χ1n) is 6.00. The maximum absolute atomic E-state index is 12.1. The van der Waals surface area contributed by atoms with Crippen LogP contribution in [-0.2, 0) is 0 Å². The molecule has 0 fully saturated rings. The van der Waals surface area contributed by atoms with E-state index in [2.05, 4.69) is 0 Å². The normalized spacial score (nSPS) is 23.2. The number of ether oxygens (including phenoxy) is 1. The van der Waals surface area contributed by atoms with Gasteiger partial charge < -0.3 is 10.5 Å². The second-order valence-corrected chi connectivity index (χ2v) is 5.10. The molecule has 92 valence electrons. The molecule has 17 heavy (non-hydrogen) atoms. The average molecular weight is 233 g/mol. The highest BCUT2D eigenvalue weighted by atomic mass is 16.5. The Hall–Kier alpha value is -1.51. The fourth-order valence-corrected chi connectivity index (χ4v) is 2.17. The van der Waals surface area contributed by atoms with Gasteiger partial charge in [0, 0.05) is 5.69 Å². The van der Waals surface area contributed by atoms with Crippen LogP contribution >= 0.6 is 0 Å². The summed E-state index contributed by atoms with van der Waals surface area (Å²) in [6, 6.07) is 1.75. The van der Waals surface area contributed by atoms with Gasteiger partial charge in [-0.1, -0.05) is 6.92 Å².